The van der Waals surface area contributed by atoms with Crippen molar-refractivity contribution >= 4 is 6.29 Å². The fourth-order valence-corrected chi connectivity index (χ4v) is 1.21. The van der Waals surface area contributed by atoms with E-state index in [4.69, 9.17) is 0 Å². The predicted octanol–water partition coefficient (Wildman–Crippen LogP) is 4.21. The fraction of sp³-hybridized carbons (Fsp3) is 0.500. The topological polar surface area (TPSA) is 17.1 Å². The summed E-state index contributed by atoms with van der Waals surface area (Å²) in [6, 6.07) is 0. The normalized spacial score (nSPS) is 11.2. The van der Waals surface area contributed by atoms with Crippen LogP contribution in [0.3, 0.4) is 0 Å². The minimum absolute atomic E-state index is 0.647. The van der Waals surface area contributed by atoms with Crippen LogP contribution in [0.2, 0.25) is 0 Å². The molecular formula is C14H22O. The van der Waals surface area contributed by atoms with E-state index in [0.717, 1.165) is 38.4 Å². The zero-order valence-corrected chi connectivity index (χ0v) is 9.53. The second kappa shape index (κ2) is 12.9. The van der Waals surface area contributed by atoms with E-state index in [2.05, 4.69) is 30.9 Å². The molecule has 15 heavy (non-hydrogen) atoms. The number of rotatable bonds is 10. The van der Waals surface area contributed by atoms with Gasteiger partial charge in [0.1, 0.15) is 6.29 Å². The zero-order chi connectivity index (χ0) is 11.2. The first-order chi connectivity index (χ1) is 7.41. The van der Waals surface area contributed by atoms with Gasteiger partial charge < -0.3 is 4.79 Å². The average Bonchev–Trinajstić information content (AvgIpc) is 2.26. The van der Waals surface area contributed by atoms with E-state index < -0.39 is 0 Å². The molecule has 0 fully saturated rings. The van der Waals surface area contributed by atoms with Crippen molar-refractivity contribution in [1.29, 1.82) is 0 Å². The van der Waals surface area contributed by atoms with Crippen molar-refractivity contribution in [2.24, 2.45) is 0 Å². The van der Waals surface area contributed by atoms with E-state index in [0.29, 0.717) is 6.42 Å². The van der Waals surface area contributed by atoms with Crippen LogP contribution >= 0.6 is 0 Å². The maximum atomic E-state index is 10.0. The lowest BCUT2D eigenvalue weighted by Gasteiger charge is -1.90. The van der Waals surface area contributed by atoms with E-state index in [-0.39, 0.29) is 0 Å². The fourth-order valence-electron chi connectivity index (χ4n) is 1.21. The summed E-state index contributed by atoms with van der Waals surface area (Å²) in [4.78, 5) is 10.0. The minimum Gasteiger partial charge on any atom is -0.303 e. The molecule has 0 aromatic carbocycles. The number of aldehydes is 1. The van der Waals surface area contributed by atoms with E-state index >= 15 is 0 Å². The molecule has 0 amide bonds. The molecule has 0 atom stereocenters. The van der Waals surface area contributed by atoms with Crippen LogP contribution in [-0.2, 0) is 4.79 Å². The van der Waals surface area contributed by atoms with E-state index in [1.165, 1.54) is 6.42 Å². The average molecular weight is 206 g/mol. The van der Waals surface area contributed by atoms with Gasteiger partial charge in [-0.05, 0) is 38.5 Å². The third kappa shape index (κ3) is 12.9. The summed E-state index contributed by atoms with van der Waals surface area (Å²) in [5, 5.41) is 0. The van der Waals surface area contributed by atoms with Crippen molar-refractivity contribution in [2.45, 2.75) is 44.9 Å². The van der Waals surface area contributed by atoms with Gasteiger partial charge in [-0.25, -0.2) is 0 Å². The molecule has 1 heteroatoms. The molecule has 0 N–H and O–H groups in total. The molecule has 0 rings (SSSR count). The number of allylic oxidation sites excluding steroid dienone is 5. The molecule has 0 saturated carbocycles. The predicted molar refractivity (Wildman–Crippen MR) is 66.9 cm³/mol. The monoisotopic (exact) mass is 206 g/mol. The van der Waals surface area contributed by atoms with E-state index in [1.54, 1.807) is 0 Å². The van der Waals surface area contributed by atoms with Crippen molar-refractivity contribution in [1.82, 2.24) is 0 Å². The highest BCUT2D eigenvalue weighted by atomic mass is 16.1. The summed E-state index contributed by atoms with van der Waals surface area (Å²) in [5.74, 6) is 0. The van der Waals surface area contributed by atoms with E-state index in [1.807, 2.05) is 6.08 Å². The van der Waals surface area contributed by atoms with Crippen molar-refractivity contribution < 1.29 is 4.79 Å². The molecule has 0 saturated heterocycles. The Balaban J connectivity index is 3.18. The SMILES string of the molecule is C=CCCC/C=C/CC/C=C/CCC=O. The molecule has 0 aromatic rings. The van der Waals surface area contributed by atoms with Crippen LogP contribution in [0.25, 0.3) is 0 Å². The van der Waals surface area contributed by atoms with Crippen LogP contribution < -0.4 is 0 Å². The van der Waals surface area contributed by atoms with Gasteiger partial charge in [0.05, 0.1) is 0 Å². The zero-order valence-electron chi connectivity index (χ0n) is 9.53. The molecule has 0 aliphatic heterocycles. The first kappa shape index (κ1) is 13.9. The van der Waals surface area contributed by atoms with Crippen LogP contribution in [0.1, 0.15) is 44.9 Å². The Morgan fingerprint density at radius 3 is 1.80 bits per heavy atom. The van der Waals surface area contributed by atoms with Crippen LogP contribution in [0.4, 0.5) is 0 Å². The lowest BCUT2D eigenvalue weighted by Crippen LogP contribution is -1.72. The summed E-state index contributed by atoms with van der Waals surface area (Å²) in [5.41, 5.74) is 0. The second-order valence-corrected chi connectivity index (χ2v) is 3.48. The van der Waals surface area contributed by atoms with Gasteiger partial charge in [-0.1, -0.05) is 30.4 Å². The Hall–Kier alpha value is -1.11. The maximum Gasteiger partial charge on any atom is 0.120 e. The second-order valence-electron chi connectivity index (χ2n) is 3.48. The van der Waals surface area contributed by atoms with Gasteiger partial charge >= 0.3 is 0 Å². The van der Waals surface area contributed by atoms with Crippen LogP contribution in [0, 0.1) is 0 Å². The third-order valence-corrected chi connectivity index (χ3v) is 2.06. The van der Waals surface area contributed by atoms with Crippen molar-refractivity contribution in [3.05, 3.63) is 37.0 Å². The Bertz CT molecular complexity index is 201. The lowest BCUT2D eigenvalue weighted by molar-refractivity contribution is -0.107. The molecule has 0 heterocycles. The number of carbonyl (C=O) groups excluding carboxylic acids is 1. The first-order valence-electron chi connectivity index (χ1n) is 5.76. The van der Waals surface area contributed by atoms with Gasteiger partial charge in [0.2, 0.25) is 0 Å². The summed E-state index contributed by atoms with van der Waals surface area (Å²) in [6.07, 6.45) is 18.8. The highest BCUT2D eigenvalue weighted by Crippen LogP contribution is 2.00. The minimum atomic E-state index is 0.647. The van der Waals surface area contributed by atoms with Crippen molar-refractivity contribution in [3.63, 3.8) is 0 Å². The summed E-state index contributed by atoms with van der Waals surface area (Å²) < 4.78 is 0. The molecule has 0 aliphatic carbocycles. The van der Waals surface area contributed by atoms with E-state index in [9.17, 15) is 4.79 Å². The van der Waals surface area contributed by atoms with Gasteiger partial charge in [0.15, 0.2) is 0 Å². The number of hydrogen-bond acceptors (Lipinski definition) is 1. The standard InChI is InChI=1S/C14H22O/c1-2-3-4-5-6-7-8-9-10-11-12-13-14-15/h2,6-7,10-11,14H,1,3-5,8-9,12-13H2/b7-6+,11-10+. The molecular weight excluding hydrogens is 184 g/mol. The van der Waals surface area contributed by atoms with Gasteiger partial charge in [-0.3, -0.25) is 0 Å². The Labute approximate surface area is 93.6 Å². The van der Waals surface area contributed by atoms with Crippen LogP contribution in [-0.4, -0.2) is 6.29 Å². The molecule has 0 unspecified atom stereocenters. The van der Waals surface area contributed by atoms with Gasteiger partial charge in [0, 0.05) is 6.42 Å². The van der Waals surface area contributed by atoms with Crippen LogP contribution in [0.5, 0.6) is 0 Å². The molecule has 0 spiro atoms. The first-order valence-corrected chi connectivity index (χ1v) is 5.76. The van der Waals surface area contributed by atoms with Gasteiger partial charge in [-0.2, -0.15) is 0 Å². The number of unbranched alkanes of at least 4 members (excludes halogenated alkanes) is 4. The summed E-state index contributed by atoms with van der Waals surface area (Å²) in [7, 11) is 0. The molecule has 0 aliphatic rings. The lowest BCUT2D eigenvalue weighted by atomic mass is 10.2. The quantitative estimate of drug-likeness (QED) is 0.297. The van der Waals surface area contributed by atoms with Gasteiger partial charge in [-0.15, -0.1) is 6.58 Å². The molecule has 0 bridgehead atoms. The molecule has 1 nitrogen and oxygen atoms in total. The number of carbonyl (C=O) groups is 1. The Kier molecular flexibility index (Phi) is 11.9. The smallest absolute Gasteiger partial charge is 0.120 e. The summed E-state index contributed by atoms with van der Waals surface area (Å²) in [6.45, 7) is 3.69. The highest BCUT2D eigenvalue weighted by Gasteiger charge is 1.81. The maximum absolute atomic E-state index is 10.0. The molecule has 0 aromatic heterocycles. The molecule has 0 radical (unpaired) electrons. The van der Waals surface area contributed by atoms with Crippen LogP contribution in [0.15, 0.2) is 37.0 Å². The van der Waals surface area contributed by atoms with Gasteiger partial charge in [0.25, 0.3) is 0 Å². The Morgan fingerprint density at radius 2 is 1.27 bits per heavy atom. The molecule has 84 valence electrons. The number of hydrogen-bond donors (Lipinski definition) is 0. The van der Waals surface area contributed by atoms with Crippen molar-refractivity contribution in [3.8, 4) is 0 Å². The Morgan fingerprint density at radius 1 is 0.733 bits per heavy atom. The largest absolute Gasteiger partial charge is 0.303 e. The summed E-state index contributed by atoms with van der Waals surface area (Å²) >= 11 is 0. The highest BCUT2D eigenvalue weighted by molar-refractivity contribution is 5.49. The third-order valence-electron chi connectivity index (χ3n) is 2.06. The van der Waals surface area contributed by atoms with Crippen molar-refractivity contribution in [2.75, 3.05) is 0 Å².